The quantitative estimate of drug-likeness (QED) is 0.425. The second-order valence-electron chi connectivity index (χ2n) is 8.28. The molecule has 0 bridgehead atoms. The van der Waals surface area contributed by atoms with Crippen LogP contribution < -0.4 is 10.6 Å². The molecule has 6 nitrogen and oxygen atoms in total. The van der Waals surface area contributed by atoms with E-state index in [2.05, 4.69) is 15.6 Å². The number of aromatic nitrogens is 2. The van der Waals surface area contributed by atoms with Crippen LogP contribution in [0.1, 0.15) is 40.3 Å². The number of halogens is 1. The van der Waals surface area contributed by atoms with Gasteiger partial charge in [0, 0.05) is 30.9 Å². The van der Waals surface area contributed by atoms with Crippen molar-refractivity contribution in [2.75, 3.05) is 13.6 Å². The van der Waals surface area contributed by atoms with Gasteiger partial charge in [-0.1, -0.05) is 31.3 Å². The van der Waals surface area contributed by atoms with Crippen molar-refractivity contribution in [1.82, 2.24) is 20.0 Å². The van der Waals surface area contributed by atoms with Gasteiger partial charge >= 0.3 is 0 Å². The van der Waals surface area contributed by atoms with Crippen LogP contribution in [0.2, 0.25) is 0 Å². The van der Waals surface area contributed by atoms with Crippen LogP contribution in [0.15, 0.2) is 48.7 Å². The van der Waals surface area contributed by atoms with Crippen LogP contribution in [0.5, 0.6) is 0 Å². The Morgan fingerprint density at radius 2 is 1.85 bits per heavy atom. The minimum absolute atomic E-state index is 0.115. The molecule has 2 amide bonds. The molecule has 170 valence electrons. The summed E-state index contributed by atoms with van der Waals surface area (Å²) in [4.78, 5) is 31.5. The Morgan fingerprint density at radius 3 is 2.52 bits per heavy atom. The first-order valence-corrected chi connectivity index (χ1v) is 11.5. The van der Waals surface area contributed by atoms with E-state index in [0.717, 1.165) is 16.0 Å². The summed E-state index contributed by atoms with van der Waals surface area (Å²) in [6.07, 6.45) is 1.86. The molecule has 0 unspecified atom stereocenters. The summed E-state index contributed by atoms with van der Waals surface area (Å²) >= 11 is 1.43. The van der Waals surface area contributed by atoms with Crippen molar-refractivity contribution in [3.05, 3.63) is 71.3 Å². The fraction of sp³-hybridized carbons (Fsp3) is 0.240. The third-order valence-electron chi connectivity index (χ3n) is 5.32. The number of amides is 2. The lowest BCUT2D eigenvalue weighted by molar-refractivity contribution is 0.0944. The van der Waals surface area contributed by atoms with E-state index in [1.165, 1.54) is 23.5 Å². The van der Waals surface area contributed by atoms with Crippen LogP contribution in [0.4, 0.5) is 4.39 Å². The lowest BCUT2D eigenvalue weighted by atomic mass is 10.0. The fourth-order valence-corrected chi connectivity index (χ4v) is 4.61. The SMILES string of the molecule is CNC(=O)c1c(-c2ccc(F)cc2)nc2sc(-c3cc(C(=O)NCC(C)C)ccc3C)cn12. The summed E-state index contributed by atoms with van der Waals surface area (Å²) in [5.41, 5.74) is 4.04. The molecular formula is C25H25FN4O2S. The molecule has 0 fully saturated rings. The molecular weight excluding hydrogens is 439 g/mol. The highest BCUT2D eigenvalue weighted by Crippen LogP contribution is 2.35. The van der Waals surface area contributed by atoms with Crippen LogP contribution in [0.25, 0.3) is 26.7 Å². The Kier molecular flexibility index (Phi) is 6.29. The van der Waals surface area contributed by atoms with Gasteiger partial charge < -0.3 is 10.6 Å². The van der Waals surface area contributed by atoms with E-state index in [1.54, 1.807) is 23.6 Å². The predicted molar refractivity (Wildman–Crippen MR) is 129 cm³/mol. The zero-order valence-corrected chi connectivity index (χ0v) is 19.7. The second-order valence-corrected chi connectivity index (χ2v) is 9.29. The summed E-state index contributed by atoms with van der Waals surface area (Å²) in [6, 6.07) is 11.5. The monoisotopic (exact) mass is 464 g/mol. The van der Waals surface area contributed by atoms with Gasteiger partial charge in [0.15, 0.2) is 4.96 Å². The zero-order valence-electron chi connectivity index (χ0n) is 18.9. The number of nitrogens with one attached hydrogen (secondary N) is 2. The van der Waals surface area contributed by atoms with Gasteiger partial charge in [-0.15, -0.1) is 0 Å². The molecule has 2 N–H and O–H groups in total. The van der Waals surface area contributed by atoms with Crippen LogP contribution >= 0.6 is 11.3 Å². The number of carbonyl (C=O) groups is 2. The summed E-state index contributed by atoms with van der Waals surface area (Å²) in [5.74, 6) is -0.389. The van der Waals surface area contributed by atoms with Crippen molar-refractivity contribution in [2.24, 2.45) is 5.92 Å². The Labute approximate surface area is 195 Å². The van der Waals surface area contributed by atoms with Crippen molar-refractivity contribution in [2.45, 2.75) is 20.8 Å². The number of fused-ring (bicyclic) bond motifs is 1. The smallest absolute Gasteiger partial charge is 0.270 e. The van der Waals surface area contributed by atoms with E-state index in [0.29, 0.717) is 39.9 Å². The predicted octanol–water partition coefficient (Wildman–Crippen LogP) is 4.92. The van der Waals surface area contributed by atoms with Gasteiger partial charge in [0.1, 0.15) is 17.2 Å². The molecule has 2 heterocycles. The topological polar surface area (TPSA) is 75.5 Å². The average Bonchev–Trinajstić information content (AvgIpc) is 3.35. The molecule has 0 aliphatic heterocycles. The average molecular weight is 465 g/mol. The number of benzene rings is 2. The van der Waals surface area contributed by atoms with Gasteiger partial charge in [0.05, 0.1) is 4.88 Å². The molecule has 4 aromatic rings. The van der Waals surface area contributed by atoms with Gasteiger partial charge in [-0.3, -0.25) is 14.0 Å². The summed E-state index contributed by atoms with van der Waals surface area (Å²) in [6.45, 7) is 6.69. The third-order valence-corrected chi connectivity index (χ3v) is 6.34. The number of rotatable bonds is 6. The molecule has 2 aromatic heterocycles. The van der Waals surface area contributed by atoms with Gasteiger partial charge in [0.25, 0.3) is 11.8 Å². The lowest BCUT2D eigenvalue weighted by Gasteiger charge is -2.10. The van der Waals surface area contributed by atoms with Crippen molar-refractivity contribution < 1.29 is 14.0 Å². The number of hydrogen-bond donors (Lipinski definition) is 2. The summed E-state index contributed by atoms with van der Waals surface area (Å²) in [7, 11) is 1.56. The molecule has 0 atom stereocenters. The molecule has 8 heteroatoms. The Hall–Kier alpha value is -3.52. The number of carbonyl (C=O) groups excluding carboxylic acids is 2. The highest BCUT2D eigenvalue weighted by molar-refractivity contribution is 7.20. The van der Waals surface area contributed by atoms with Crippen molar-refractivity contribution >= 4 is 28.1 Å². The standard InChI is InChI=1S/C25H25FN4O2S/c1-14(2)12-28-23(31)17-6-5-15(3)19(11-17)20-13-30-22(24(32)27-4)21(29-25(30)33-20)16-7-9-18(26)10-8-16/h5-11,13-14H,12H2,1-4H3,(H,27,32)(H,28,31). The first kappa shape index (κ1) is 22.7. The number of imidazole rings is 1. The summed E-state index contributed by atoms with van der Waals surface area (Å²) in [5, 5.41) is 5.61. The number of nitrogens with zero attached hydrogens (tertiary/aromatic N) is 2. The molecule has 0 radical (unpaired) electrons. The van der Waals surface area contributed by atoms with E-state index in [9.17, 15) is 14.0 Å². The van der Waals surface area contributed by atoms with Crippen molar-refractivity contribution in [3.8, 4) is 21.7 Å². The van der Waals surface area contributed by atoms with E-state index >= 15 is 0 Å². The van der Waals surface area contributed by atoms with E-state index in [1.807, 2.05) is 45.2 Å². The number of thiazole rings is 1. The lowest BCUT2D eigenvalue weighted by Crippen LogP contribution is -2.27. The minimum atomic E-state index is -0.351. The molecule has 0 aliphatic rings. The van der Waals surface area contributed by atoms with Crippen LogP contribution in [0.3, 0.4) is 0 Å². The molecule has 4 rings (SSSR count). The first-order valence-electron chi connectivity index (χ1n) is 10.7. The van der Waals surface area contributed by atoms with Gasteiger partial charge in [-0.05, 0) is 60.4 Å². The van der Waals surface area contributed by atoms with Crippen LogP contribution in [-0.4, -0.2) is 34.8 Å². The molecule has 33 heavy (non-hydrogen) atoms. The molecule has 0 saturated carbocycles. The Bertz CT molecular complexity index is 1340. The maximum absolute atomic E-state index is 13.4. The van der Waals surface area contributed by atoms with Crippen LogP contribution in [0, 0.1) is 18.7 Å². The van der Waals surface area contributed by atoms with E-state index in [4.69, 9.17) is 0 Å². The molecule has 2 aromatic carbocycles. The zero-order chi connectivity index (χ0) is 23.7. The number of hydrogen-bond acceptors (Lipinski definition) is 4. The second kappa shape index (κ2) is 9.15. The summed E-state index contributed by atoms with van der Waals surface area (Å²) < 4.78 is 15.1. The number of aryl methyl sites for hydroxylation is 1. The highest BCUT2D eigenvalue weighted by Gasteiger charge is 2.23. The highest BCUT2D eigenvalue weighted by atomic mass is 32.1. The van der Waals surface area contributed by atoms with Gasteiger partial charge in [-0.2, -0.15) is 0 Å². The Morgan fingerprint density at radius 1 is 1.12 bits per heavy atom. The fourth-order valence-electron chi connectivity index (χ4n) is 3.54. The van der Waals surface area contributed by atoms with E-state index in [-0.39, 0.29) is 17.6 Å². The van der Waals surface area contributed by atoms with Gasteiger partial charge in [0.2, 0.25) is 0 Å². The molecule has 0 saturated heterocycles. The molecule has 0 aliphatic carbocycles. The maximum Gasteiger partial charge on any atom is 0.270 e. The normalized spacial score (nSPS) is 11.2. The third kappa shape index (κ3) is 4.52. The molecule has 0 spiro atoms. The van der Waals surface area contributed by atoms with E-state index < -0.39 is 0 Å². The first-order chi connectivity index (χ1) is 15.8. The van der Waals surface area contributed by atoms with Gasteiger partial charge in [-0.25, -0.2) is 9.37 Å². The Balaban J connectivity index is 1.78. The largest absolute Gasteiger partial charge is 0.354 e. The minimum Gasteiger partial charge on any atom is -0.354 e. The van der Waals surface area contributed by atoms with Crippen LogP contribution in [-0.2, 0) is 0 Å². The van der Waals surface area contributed by atoms with Crippen molar-refractivity contribution in [3.63, 3.8) is 0 Å². The maximum atomic E-state index is 13.4. The van der Waals surface area contributed by atoms with Crippen molar-refractivity contribution in [1.29, 1.82) is 0 Å².